The number of nitrogen functional groups attached to an aromatic ring is 1. The molecule has 13 heavy (non-hydrogen) atoms. The third-order valence-electron chi connectivity index (χ3n) is 1.49. The largest absolute Gasteiger partial charge is 0.395 e. The van der Waals surface area contributed by atoms with Crippen LogP contribution in [0, 0.1) is 5.95 Å². The molecule has 4 heteroatoms. The van der Waals surface area contributed by atoms with Gasteiger partial charge < -0.3 is 5.73 Å². The molecule has 0 aliphatic carbocycles. The van der Waals surface area contributed by atoms with E-state index in [0.717, 1.165) is 17.7 Å². The number of pyridine rings is 1. The lowest BCUT2D eigenvalue weighted by Gasteiger charge is -1.96. The Bertz CT molecular complexity index is 312. The van der Waals surface area contributed by atoms with Crippen molar-refractivity contribution >= 4 is 24.4 Å². The van der Waals surface area contributed by atoms with E-state index in [2.05, 4.69) is 17.6 Å². The molecule has 0 radical (unpaired) electrons. The van der Waals surface area contributed by atoms with Crippen molar-refractivity contribution in [3.8, 4) is 0 Å². The van der Waals surface area contributed by atoms with E-state index in [-0.39, 0.29) is 5.69 Å². The summed E-state index contributed by atoms with van der Waals surface area (Å²) in [6.45, 7) is 0. The predicted molar refractivity (Wildman–Crippen MR) is 56.1 cm³/mol. The molecular formula is C9H11FN2S. The SMILES string of the molecule is Nc1cc(C=CCCS)cnc1F. The molecule has 0 bridgehead atoms. The highest BCUT2D eigenvalue weighted by Gasteiger charge is 1.97. The summed E-state index contributed by atoms with van der Waals surface area (Å²) in [4.78, 5) is 3.50. The molecular weight excluding hydrogens is 187 g/mol. The fourth-order valence-electron chi connectivity index (χ4n) is 0.867. The van der Waals surface area contributed by atoms with Crippen LogP contribution in [-0.4, -0.2) is 10.7 Å². The van der Waals surface area contributed by atoms with Gasteiger partial charge in [-0.2, -0.15) is 17.0 Å². The van der Waals surface area contributed by atoms with Gasteiger partial charge >= 0.3 is 0 Å². The van der Waals surface area contributed by atoms with Gasteiger partial charge in [0.25, 0.3) is 0 Å². The Morgan fingerprint density at radius 2 is 2.38 bits per heavy atom. The van der Waals surface area contributed by atoms with Crippen LogP contribution < -0.4 is 5.73 Å². The van der Waals surface area contributed by atoms with E-state index in [4.69, 9.17) is 5.73 Å². The van der Waals surface area contributed by atoms with Gasteiger partial charge in [-0.15, -0.1) is 0 Å². The molecule has 0 amide bonds. The summed E-state index contributed by atoms with van der Waals surface area (Å²) in [6, 6.07) is 1.55. The molecule has 2 nitrogen and oxygen atoms in total. The molecule has 2 N–H and O–H groups in total. The third-order valence-corrected chi connectivity index (χ3v) is 1.75. The quantitative estimate of drug-likeness (QED) is 0.577. The van der Waals surface area contributed by atoms with Crippen LogP contribution in [0.15, 0.2) is 18.3 Å². The number of nitrogens with zero attached hydrogens (tertiary/aromatic N) is 1. The van der Waals surface area contributed by atoms with Crippen LogP contribution in [0.25, 0.3) is 6.08 Å². The lowest BCUT2D eigenvalue weighted by atomic mass is 10.2. The van der Waals surface area contributed by atoms with Crippen molar-refractivity contribution in [3.63, 3.8) is 0 Å². The Labute approximate surface area is 82.1 Å². The maximum absolute atomic E-state index is 12.6. The van der Waals surface area contributed by atoms with Crippen LogP contribution in [0.4, 0.5) is 10.1 Å². The summed E-state index contributed by atoms with van der Waals surface area (Å²) < 4.78 is 12.6. The molecule has 0 saturated heterocycles. The predicted octanol–water partition coefficient (Wildman–Crippen LogP) is 2.14. The van der Waals surface area contributed by atoms with Gasteiger partial charge in [0, 0.05) is 6.20 Å². The average Bonchev–Trinajstić information content (AvgIpc) is 2.12. The summed E-state index contributed by atoms with van der Waals surface area (Å²) in [5.74, 6) is 0.173. The lowest BCUT2D eigenvalue weighted by molar-refractivity contribution is 0.588. The zero-order valence-electron chi connectivity index (χ0n) is 7.07. The summed E-state index contributed by atoms with van der Waals surface area (Å²) >= 11 is 4.05. The fourth-order valence-corrected chi connectivity index (χ4v) is 1.02. The highest BCUT2D eigenvalue weighted by Crippen LogP contribution is 2.10. The Kier molecular flexibility index (Phi) is 3.76. The van der Waals surface area contributed by atoms with Crippen molar-refractivity contribution in [2.75, 3.05) is 11.5 Å². The van der Waals surface area contributed by atoms with Gasteiger partial charge in [0.15, 0.2) is 0 Å². The van der Waals surface area contributed by atoms with E-state index in [0.29, 0.717) is 0 Å². The first kappa shape index (κ1) is 10.1. The second-order valence-electron chi connectivity index (χ2n) is 2.56. The topological polar surface area (TPSA) is 38.9 Å². The van der Waals surface area contributed by atoms with Crippen molar-refractivity contribution in [2.24, 2.45) is 0 Å². The van der Waals surface area contributed by atoms with Crippen molar-refractivity contribution < 1.29 is 4.39 Å². The van der Waals surface area contributed by atoms with Crippen LogP contribution >= 0.6 is 12.6 Å². The van der Waals surface area contributed by atoms with E-state index in [1.165, 1.54) is 6.20 Å². The number of hydrogen-bond acceptors (Lipinski definition) is 3. The van der Waals surface area contributed by atoms with Crippen molar-refractivity contribution in [1.82, 2.24) is 4.98 Å². The Morgan fingerprint density at radius 1 is 1.62 bits per heavy atom. The van der Waals surface area contributed by atoms with Crippen molar-refractivity contribution in [2.45, 2.75) is 6.42 Å². The molecule has 0 aliphatic rings. The van der Waals surface area contributed by atoms with Gasteiger partial charge in [-0.05, 0) is 23.8 Å². The molecule has 0 fully saturated rings. The van der Waals surface area contributed by atoms with Gasteiger partial charge in [0.05, 0.1) is 5.69 Å². The normalized spacial score (nSPS) is 10.9. The van der Waals surface area contributed by atoms with Crippen LogP contribution in [-0.2, 0) is 0 Å². The van der Waals surface area contributed by atoms with Crippen molar-refractivity contribution in [3.05, 3.63) is 29.9 Å². The van der Waals surface area contributed by atoms with Crippen LogP contribution in [0.3, 0.4) is 0 Å². The maximum atomic E-state index is 12.6. The highest BCUT2D eigenvalue weighted by atomic mass is 32.1. The number of thiol groups is 1. The molecule has 1 rings (SSSR count). The van der Waals surface area contributed by atoms with Crippen molar-refractivity contribution in [1.29, 1.82) is 0 Å². The van der Waals surface area contributed by atoms with Gasteiger partial charge in [-0.3, -0.25) is 0 Å². The molecule has 70 valence electrons. The smallest absolute Gasteiger partial charge is 0.236 e. The minimum atomic E-state index is -0.619. The first-order chi connectivity index (χ1) is 6.24. The number of anilines is 1. The number of hydrogen-bond donors (Lipinski definition) is 2. The van der Waals surface area contributed by atoms with E-state index in [1.54, 1.807) is 6.07 Å². The highest BCUT2D eigenvalue weighted by molar-refractivity contribution is 7.80. The molecule has 0 unspecified atom stereocenters. The van der Waals surface area contributed by atoms with Gasteiger partial charge in [-0.1, -0.05) is 12.2 Å². The molecule has 0 atom stereocenters. The molecule has 1 aromatic rings. The molecule has 0 aliphatic heterocycles. The Balaban J connectivity index is 2.73. The number of allylic oxidation sites excluding steroid dienone is 1. The monoisotopic (exact) mass is 198 g/mol. The Morgan fingerprint density at radius 3 is 3.00 bits per heavy atom. The molecule has 1 aromatic heterocycles. The second kappa shape index (κ2) is 4.87. The average molecular weight is 198 g/mol. The van der Waals surface area contributed by atoms with E-state index in [1.807, 2.05) is 12.2 Å². The summed E-state index contributed by atoms with van der Waals surface area (Å²) in [6.07, 6.45) is 6.11. The maximum Gasteiger partial charge on any atom is 0.236 e. The molecule has 0 saturated carbocycles. The van der Waals surface area contributed by atoms with Crippen LogP contribution in [0.1, 0.15) is 12.0 Å². The van der Waals surface area contributed by atoms with E-state index in [9.17, 15) is 4.39 Å². The lowest BCUT2D eigenvalue weighted by Crippen LogP contribution is -1.93. The van der Waals surface area contributed by atoms with E-state index >= 15 is 0 Å². The third kappa shape index (κ3) is 3.06. The Hall–Kier alpha value is -1.03. The number of rotatable bonds is 3. The summed E-state index contributed by atoms with van der Waals surface area (Å²) in [5.41, 5.74) is 6.22. The second-order valence-corrected chi connectivity index (χ2v) is 3.01. The first-order valence-corrected chi connectivity index (χ1v) is 4.55. The van der Waals surface area contributed by atoms with Crippen LogP contribution in [0.5, 0.6) is 0 Å². The summed E-state index contributed by atoms with van der Waals surface area (Å²) in [5, 5.41) is 0. The fraction of sp³-hybridized carbons (Fsp3) is 0.222. The van der Waals surface area contributed by atoms with Gasteiger partial charge in [0.1, 0.15) is 0 Å². The standard InChI is InChI=1S/C9H11FN2S/c10-9-8(11)5-7(6-12-9)3-1-2-4-13/h1,3,5-6,13H,2,4,11H2. The minimum absolute atomic E-state index is 0.0769. The van der Waals surface area contributed by atoms with Gasteiger partial charge in [0.2, 0.25) is 5.95 Å². The number of halogens is 1. The number of nitrogens with two attached hydrogens (primary N) is 1. The zero-order valence-corrected chi connectivity index (χ0v) is 7.97. The van der Waals surface area contributed by atoms with Crippen LogP contribution in [0.2, 0.25) is 0 Å². The number of aromatic nitrogens is 1. The first-order valence-electron chi connectivity index (χ1n) is 3.92. The van der Waals surface area contributed by atoms with Gasteiger partial charge in [-0.25, -0.2) is 4.98 Å². The molecule has 1 heterocycles. The molecule has 0 aromatic carbocycles. The molecule has 0 spiro atoms. The van der Waals surface area contributed by atoms with E-state index < -0.39 is 5.95 Å². The zero-order chi connectivity index (χ0) is 9.68. The summed E-state index contributed by atoms with van der Waals surface area (Å²) in [7, 11) is 0. The minimum Gasteiger partial charge on any atom is -0.395 e.